The van der Waals surface area contributed by atoms with Crippen LogP contribution in [0.5, 0.6) is 0 Å². The maximum absolute atomic E-state index is 12.7. The summed E-state index contributed by atoms with van der Waals surface area (Å²) in [5.74, 6) is -5.72. The number of hydrogen-bond acceptors (Lipinski definition) is 8. The number of nitrogens with one attached hydrogen (secondary N) is 4. The van der Waals surface area contributed by atoms with Crippen LogP contribution in [0.3, 0.4) is 0 Å². The van der Waals surface area contributed by atoms with E-state index in [9.17, 15) is 34.2 Å². The van der Waals surface area contributed by atoms with Crippen molar-refractivity contribution >= 4 is 29.7 Å². The lowest BCUT2D eigenvalue weighted by atomic mass is 10.0. The summed E-state index contributed by atoms with van der Waals surface area (Å²) in [6.45, 7) is -0.873. The predicted octanol–water partition coefficient (Wildman–Crippen LogP) is -2.47. The standard InChI is InChI=1S/C22H28N6O8/c23-14(7-13-9-24-11-25-13)19(32)28-17(10-29)21(34)26-15(8-18(30)31)20(33)27-16(22(35)36)6-12-4-2-1-3-5-12/h1-5,9,11,14-17,29H,6-8,10,23H2,(H,24,25)(H,26,34)(H,27,33)(H,28,32)(H,30,31)(H,35,36). The van der Waals surface area contributed by atoms with Gasteiger partial charge in [-0.05, 0) is 5.56 Å². The van der Waals surface area contributed by atoms with Gasteiger partial charge in [-0.3, -0.25) is 19.2 Å². The molecule has 3 amide bonds. The van der Waals surface area contributed by atoms with Gasteiger partial charge >= 0.3 is 11.9 Å². The summed E-state index contributed by atoms with van der Waals surface area (Å²) in [6, 6.07) is 2.69. The van der Waals surface area contributed by atoms with Gasteiger partial charge in [-0.25, -0.2) is 9.78 Å². The average molecular weight is 505 g/mol. The Hall–Kier alpha value is -4.30. The fourth-order valence-electron chi connectivity index (χ4n) is 3.18. The Morgan fingerprint density at radius 3 is 2.06 bits per heavy atom. The van der Waals surface area contributed by atoms with E-state index < -0.39 is 66.9 Å². The molecule has 0 radical (unpaired) electrons. The number of aliphatic carboxylic acids is 2. The van der Waals surface area contributed by atoms with Gasteiger partial charge in [0.2, 0.25) is 17.7 Å². The number of aliphatic hydroxyl groups excluding tert-OH is 1. The third kappa shape index (κ3) is 8.81. The molecule has 1 aromatic carbocycles. The number of imidazole rings is 1. The minimum absolute atomic E-state index is 0.0631. The van der Waals surface area contributed by atoms with Gasteiger partial charge < -0.3 is 42.0 Å². The van der Waals surface area contributed by atoms with Crippen LogP contribution < -0.4 is 21.7 Å². The number of carbonyl (C=O) groups is 5. The van der Waals surface area contributed by atoms with E-state index in [4.69, 9.17) is 10.8 Å². The third-order valence-corrected chi connectivity index (χ3v) is 5.06. The fourth-order valence-corrected chi connectivity index (χ4v) is 3.18. The number of carboxylic acid groups (broad SMARTS) is 2. The maximum atomic E-state index is 12.7. The highest BCUT2D eigenvalue weighted by molar-refractivity contribution is 5.95. The zero-order valence-electron chi connectivity index (χ0n) is 19.1. The van der Waals surface area contributed by atoms with Gasteiger partial charge in [0.15, 0.2) is 0 Å². The second-order valence-corrected chi connectivity index (χ2v) is 7.88. The number of aromatic amines is 1. The Morgan fingerprint density at radius 2 is 1.50 bits per heavy atom. The number of amides is 3. The summed E-state index contributed by atoms with van der Waals surface area (Å²) in [4.78, 5) is 67.1. The molecule has 0 spiro atoms. The molecular weight excluding hydrogens is 476 g/mol. The zero-order chi connectivity index (χ0) is 26.7. The lowest BCUT2D eigenvalue weighted by Gasteiger charge is -2.23. The van der Waals surface area contributed by atoms with Crippen LogP contribution in [0.4, 0.5) is 0 Å². The van der Waals surface area contributed by atoms with E-state index in [0.717, 1.165) is 0 Å². The lowest BCUT2D eigenvalue weighted by Crippen LogP contribution is -2.58. The summed E-state index contributed by atoms with van der Waals surface area (Å²) >= 11 is 0. The van der Waals surface area contributed by atoms with Crippen LogP contribution in [0.25, 0.3) is 0 Å². The van der Waals surface area contributed by atoms with Crippen molar-refractivity contribution in [3.05, 3.63) is 54.1 Å². The Balaban J connectivity index is 2.04. The number of nitrogens with two attached hydrogens (primary N) is 1. The highest BCUT2D eigenvalue weighted by Gasteiger charge is 2.31. The van der Waals surface area contributed by atoms with Crippen LogP contribution in [0.1, 0.15) is 17.7 Å². The number of aromatic nitrogens is 2. The van der Waals surface area contributed by atoms with Crippen LogP contribution in [0.2, 0.25) is 0 Å². The molecule has 194 valence electrons. The monoisotopic (exact) mass is 504 g/mol. The van der Waals surface area contributed by atoms with Crippen molar-refractivity contribution in [3.63, 3.8) is 0 Å². The van der Waals surface area contributed by atoms with Gasteiger partial charge in [0, 0.05) is 24.7 Å². The van der Waals surface area contributed by atoms with Crippen molar-refractivity contribution in [2.24, 2.45) is 5.73 Å². The summed E-state index contributed by atoms with van der Waals surface area (Å²) < 4.78 is 0. The first-order valence-corrected chi connectivity index (χ1v) is 10.8. The van der Waals surface area contributed by atoms with Gasteiger partial charge in [0.25, 0.3) is 0 Å². The Bertz CT molecular complexity index is 1050. The van der Waals surface area contributed by atoms with Crippen LogP contribution >= 0.6 is 0 Å². The molecule has 14 heteroatoms. The average Bonchev–Trinajstić information content (AvgIpc) is 3.34. The Labute approximate surface area is 205 Å². The molecule has 4 atom stereocenters. The molecule has 1 aromatic heterocycles. The highest BCUT2D eigenvalue weighted by Crippen LogP contribution is 2.05. The number of aliphatic hydroxyl groups is 1. The first kappa shape index (κ1) is 27.9. The van der Waals surface area contributed by atoms with E-state index in [1.54, 1.807) is 30.3 Å². The Kier molecular flexibility index (Phi) is 10.5. The molecule has 9 N–H and O–H groups in total. The maximum Gasteiger partial charge on any atom is 0.326 e. The van der Waals surface area contributed by atoms with Crippen molar-refractivity contribution in [1.82, 2.24) is 25.9 Å². The van der Waals surface area contributed by atoms with Gasteiger partial charge in [-0.1, -0.05) is 30.3 Å². The molecule has 0 aliphatic heterocycles. The van der Waals surface area contributed by atoms with E-state index in [2.05, 4.69) is 25.9 Å². The van der Waals surface area contributed by atoms with E-state index in [-0.39, 0.29) is 12.8 Å². The molecule has 2 aromatic rings. The molecule has 0 aliphatic rings. The van der Waals surface area contributed by atoms with Gasteiger partial charge in [0.1, 0.15) is 18.1 Å². The van der Waals surface area contributed by atoms with Crippen LogP contribution in [-0.2, 0) is 36.8 Å². The topological polar surface area (TPSA) is 237 Å². The second-order valence-electron chi connectivity index (χ2n) is 7.88. The third-order valence-electron chi connectivity index (χ3n) is 5.06. The number of benzene rings is 1. The largest absolute Gasteiger partial charge is 0.481 e. The molecule has 0 saturated carbocycles. The normalized spacial score (nSPS) is 14.1. The molecule has 2 rings (SSSR count). The van der Waals surface area contributed by atoms with E-state index in [1.807, 2.05) is 0 Å². The number of rotatable bonds is 14. The molecule has 4 unspecified atom stereocenters. The summed E-state index contributed by atoms with van der Waals surface area (Å²) in [5, 5.41) is 34.8. The molecular formula is C22H28N6O8. The minimum atomic E-state index is -1.68. The number of hydrogen-bond donors (Lipinski definition) is 8. The van der Waals surface area contributed by atoms with Crippen molar-refractivity contribution in [2.75, 3.05) is 6.61 Å². The van der Waals surface area contributed by atoms with Crippen LogP contribution in [-0.4, -0.2) is 85.7 Å². The molecule has 0 bridgehead atoms. The SMILES string of the molecule is NC(Cc1cnc[nH]1)C(=O)NC(CO)C(=O)NC(CC(=O)O)C(=O)NC(Cc1ccccc1)C(=O)O. The molecule has 0 aliphatic carbocycles. The summed E-state index contributed by atoms with van der Waals surface area (Å²) in [5.41, 5.74) is 6.97. The highest BCUT2D eigenvalue weighted by atomic mass is 16.4. The number of carboxylic acids is 2. The molecule has 1 heterocycles. The fraction of sp³-hybridized carbons (Fsp3) is 0.364. The minimum Gasteiger partial charge on any atom is -0.481 e. The molecule has 0 saturated heterocycles. The predicted molar refractivity (Wildman–Crippen MR) is 123 cm³/mol. The number of carbonyl (C=O) groups excluding carboxylic acids is 3. The molecule has 0 fully saturated rings. The Morgan fingerprint density at radius 1 is 0.889 bits per heavy atom. The van der Waals surface area contributed by atoms with Crippen molar-refractivity contribution in [2.45, 2.75) is 43.4 Å². The summed E-state index contributed by atoms with van der Waals surface area (Å²) in [6.07, 6.45) is 1.96. The first-order chi connectivity index (χ1) is 17.1. The lowest BCUT2D eigenvalue weighted by molar-refractivity contribution is -0.143. The quantitative estimate of drug-likeness (QED) is 0.135. The van der Waals surface area contributed by atoms with E-state index in [0.29, 0.717) is 11.3 Å². The van der Waals surface area contributed by atoms with Crippen molar-refractivity contribution in [1.29, 1.82) is 0 Å². The van der Waals surface area contributed by atoms with Crippen molar-refractivity contribution in [3.8, 4) is 0 Å². The smallest absolute Gasteiger partial charge is 0.326 e. The molecule has 14 nitrogen and oxygen atoms in total. The first-order valence-electron chi connectivity index (χ1n) is 10.8. The second kappa shape index (κ2) is 13.6. The van der Waals surface area contributed by atoms with Gasteiger partial charge in [-0.15, -0.1) is 0 Å². The van der Waals surface area contributed by atoms with E-state index >= 15 is 0 Å². The number of nitrogens with zero attached hydrogens (tertiary/aromatic N) is 1. The van der Waals surface area contributed by atoms with Crippen LogP contribution in [0, 0.1) is 0 Å². The van der Waals surface area contributed by atoms with Gasteiger partial charge in [0.05, 0.1) is 25.4 Å². The summed E-state index contributed by atoms with van der Waals surface area (Å²) in [7, 11) is 0. The van der Waals surface area contributed by atoms with Crippen molar-refractivity contribution < 1.29 is 39.3 Å². The zero-order valence-corrected chi connectivity index (χ0v) is 19.1. The van der Waals surface area contributed by atoms with Crippen LogP contribution in [0.15, 0.2) is 42.9 Å². The van der Waals surface area contributed by atoms with Gasteiger partial charge in [-0.2, -0.15) is 0 Å². The molecule has 36 heavy (non-hydrogen) atoms. The van der Waals surface area contributed by atoms with E-state index in [1.165, 1.54) is 12.5 Å². The number of H-pyrrole nitrogens is 1.